The third kappa shape index (κ3) is 3.55. The molecule has 0 radical (unpaired) electrons. The van der Waals surface area contributed by atoms with Crippen LogP contribution in [0.2, 0.25) is 0 Å². The summed E-state index contributed by atoms with van der Waals surface area (Å²) in [4.78, 5) is 28.3. The molecular formula is C20H21FN2O2. The minimum absolute atomic E-state index is 0.0867. The van der Waals surface area contributed by atoms with Crippen LogP contribution in [0.5, 0.6) is 0 Å². The lowest BCUT2D eigenvalue weighted by Crippen LogP contribution is -2.58. The summed E-state index contributed by atoms with van der Waals surface area (Å²) in [6.07, 6.45) is 0.261. The number of hydrogen-bond donors (Lipinski definition) is 0. The highest BCUT2D eigenvalue weighted by Gasteiger charge is 2.35. The van der Waals surface area contributed by atoms with Crippen LogP contribution in [0.3, 0.4) is 0 Å². The molecule has 4 nitrogen and oxygen atoms in total. The van der Waals surface area contributed by atoms with Crippen molar-refractivity contribution in [3.05, 3.63) is 65.5 Å². The van der Waals surface area contributed by atoms with Crippen molar-refractivity contribution >= 4 is 17.5 Å². The maximum atomic E-state index is 14.1. The van der Waals surface area contributed by atoms with Crippen molar-refractivity contribution < 1.29 is 14.0 Å². The molecule has 1 aliphatic heterocycles. The smallest absolute Gasteiger partial charge is 0.249 e. The van der Waals surface area contributed by atoms with E-state index in [0.29, 0.717) is 13.1 Å². The molecule has 0 saturated carbocycles. The molecule has 0 aliphatic carbocycles. The molecule has 1 heterocycles. The third-order valence-electron chi connectivity index (χ3n) is 4.57. The Bertz CT molecular complexity index is 792. The van der Waals surface area contributed by atoms with E-state index < -0.39 is 11.9 Å². The van der Waals surface area contributed by atoms with Gasteiger partial charge in [0.05, 0.1) is 12.1 Å². The van der Waals surface area contributed by atoms with Crippen molar-refractivity contribution in [3.8, 4) is 0 Å². The number of carbonyl (C=O) groups excluding carboxylic acids is 2. The van der Waals surface area contributed by atoms with E-state index in [1.165, 1.54) is 11.0 Å². The Morgan fingerprint density at radius 3 is 2.60 bits per heavy atom. The molecule has 130 valence electrons. The summed E-state index contributed by atoms with van der Waals surface area (Å²) in [5.74, 6) is -0.760. The maximum absolute atomic E-state index is 14.1. The van der Waals surface area contributed by atoms with Crippen molar-refractivity contribution in [1.82, 2.24) is 4.90 Å². The van der Waals surface area contributed by atoms with Gasteiger partial charge in [-0.05, 0) is 37.1 Å². The fraction of sp³-hybridized carbons (Fsp3) is 0.300. The lowest BCUT2D eigenvalue weighted by Gasteiger charge is -2.39. The summed E-state index contributed by atoms with van der Waals surface area (Å²) < 4.78 is 14.1. The molecule has 2 aromatic rings. The predicted octanol–water partition coefficient (Wildman–Crippen LogP) is 2.94. The van der Waals surface area contributed by atoms with Crippen LogP contribution in [-0.2, 0) is 16.0 Å². The van der Waals surface area contributed by atoms with Gasteiger partial charge in [-0.25, -0.2) is 4.39 Å². The number of halogens is 1. The Kier molecular flexibility index (Phi) is 4.83. The lowest BCUT2D eigenvalue weighted by molar-refractivity contribution is -0.140. The minimum Gasteiger partial charge on any atom is -0.329 e. The number of nitrogens with zero attached hydrogens (tertiary/aromatic N) is 2. The van der Waals surface area contributed by atoms with Gasteiger partial charge in [0.25, 0.3) is 0 Å². The second kappa shape index (κ2) is 7.05. The van der Waals surface area contributed by atoms with Crippen LogP contribution >= 0.6 is 0 Å². The first-order valence-corrected chi connectivity index (χ1v) is 8.38. The zero-order chi connectivity index (χ0) is 18.0. The van der Waals surface area contributed by atoms with Crippen molar-refractivity contribution in [1.29, 1.82) is 0 Å². The van der Waals surface area contributed by atoms with E-state index in [1.807, 2.05) is 37.3 Å². The van der Waals surface area contributed by atoms with E-state index >= 15 is 0 Å². The van der Waals surface area contributed by atoms with E-state index in [4.69, 9.17) is 0 Å². The van der Waals surface area contributed by atoms with E-state index in [9.17, 15) is 14.0 Å². The molecule has 1 atom stereocenters. The predicted molar refractivity (Wildman–Crippen MR) is 94.8 cm³/mol. The van der Waals surface area contributed by atoms with Crippen LogP contribution in [0.15, 0.2) is 48.5 Å². The lowest BCUT2D eigenvalue weighted by atomic mass is 10.1. The highest BCUT2D eigenvalue weighted by molar-refractivity contribution is 6.00. The fourth-order valence-corrected chi connectivity index (χ4v) is 3.15. The third-order valence-corrected chi connectivity index (χ3v) is 4.57. The molecule has 1 aliphatic rings. The normalized spacial score (nSPS) is 17.7. The molecule has 2 amide bonds. The van der Waals surface area contributed by atoms with Gasteiger partial charge in [-0.2, -0.15) is 0 Å². The molecule has 2 aromatic carbocycles. The number of piperazine rings is 1. The van der Waals surface area contributed by atoms with E-state index in [-0.39, 0.29) is 23.9 Å². The Labute approximate surface area is 146 Å². The highest BCUT2D eigenvalue weighted by atomic mass is 19.1. The number of aryl methyl sites for hydroxylation is 1. The molecule has 0 aromatic heterocycles. The summed E-state index contributed by atoms with van der Waals surface area (Å²) >= 11 is 0. The molecule has 0 N–H and O–H groups in total. The number of anilines is 1. The van der Waals surface area contributed by atoms with Crippen LogP contribution in [0.1, 0.15) is 18.1 Å². The maximum Gasteiger partial charge on any atom is 0.249 e. The molecule has 25 heavy (non-hydrogen) atoms. The second-order valence-corrected chi connectivity index (χ2v) is 6.37. The number of carbonyl (C=O) groups is 2. The van der Waals surface area contributed by atoms with Gasteiger partial charge in [-0.3, -0.25) is 9.59 Å². The summed E-state index contributed by atoms with van der Waals surface area (Å²) in [5, 5.41) is 0. The SMILES string of the molecule is Cc1ccc(F)c(N2CCN(C(=O)Cc3ccccc3)[C@@H](C)C2=O)c1. The zero-order valence-corrected chi connectivity index (χ0v) is 14.4. The van der Waals surface area contributed by atoms with E-state index in [2.05, 4.69) is 0 Å². The Morgan fingerprint density at radius 2 is 1.88 bits per heavy atom. The summed E-state index contributed by atoms with van der Waals surface area (Å²) in [7, 11) is 0. The molecular weight excluding hydrogens is 319 g/mol. The molecule has 0 spiro atoms. The monoisotopic (exact) mass is 340 g/mol. The van der Waals surface area contributed by atoms with Crippen molar-refractivity contribution in [2.75, 3.05) is 18.0 Å². The van der Waals surface area contributed by atoms with Gasteiger partial charge in [0.2, 0.25) is 11.8 Å². The Morgan fingerprint density at radius 1 is 1.16 bits per heavy atom. The number of rotatable bonds is 3. The fourth-order valence-electron chi connectivity index (χ4n) is 3.15. The van der Waals surface area contributed by atoms with Crippen LogP contribution in [0, 0.1) is 12.7 Å². The highest BCUT2D eigenvalue weighted by Crippen LogP contribution is 2.25. The van der Waals surface area contributed by atoms with Gasteiger partial charge in [-0.15, -0.1) is 0 Å². The molecule has 1 saturated heterocycles. The van der Waals surface area contributed by atoms with Gasteiger partial charge < -0.3 is 9.80 Å². The Hall–Kier alpha value is -2.69. The first-order valence-electron chi connectivity index (χ1n) is 8.38. The molecule has 5 heteroatoms. The summed E-state index contributed by atoms with van der Waals surface area (Å²) in [5.41, 5.74) is 2.09. The van der Waals surface area contributed by atoms with Crippen molar-refractivity contribution in [3.63, 3.8) is 0 Å². The van der Waals surface area contributed by atoms with Crippen LogP contribution < -0.4 is 4.90 Å². The number of benzene rings is 2. The average Bonchev–Trinajstić information content (AvgIpc) is 2.60. The van der Waals surface area contributed by atoms with Gasteiger partial charge in [0.15, 0.2) is 0 Å². The minimum atomic E-state index is -0.607. The molecule has 0 bridgehead atoms. The summed E-state index contributed by atoms with van der Waals surface area (Å²) in [6.45, 7) is 4.25. The van der Waals surface area contributed by atoms with Gasteiger partial charge >= 0.3 is 0 Å². The zero-order valence-electron chi connectivity index (χ0n) is 14.4. The van der Waals surface area contributed by atoms with Gasteiger partial charge in [-0.1, -0.05) is 36.4 Å². The van der Waals surface area contributed by atoms with E-state index in [1.54, 1.807) is 24.0 Å². The molecule has 1 fully saturated rings. The largest absolute Gasteiger partial charge is 0.329 e. The number of amides is 2. The molecule has 0 unspecified atom stereocenters. The van der Waals surface area contributed by atoms with Gasteiger partial charge in [0.1, 0.15) is 11.9 Å². The van der Waals surface area contributed by atoms with Crippen LogP contribution in [-0.4, -0.2) is 35.8 Å². The first kappa shape index (κ1) is 17.1. The van der Waals surface area contributed by atoms with Crippen molar-refractivity contribution in [2.24, 2.45) is 0 Å². The quantitative estimate of drug-likeness (QED) is 0.862. The standard InChI is InChI=1S/C20H21FN2O2/c1-14-8-9-17(21)18(12-14)23-11-10-22(15(2)20(23)25)19(24)13-16-6-4-3-5-7-16/h3-9,12,15H,10-11,13H2,1-2H3/t15-/m0/s1. The average molecular weight is 340 g/mol. The van der Waals surface area contributed by atoms with Crippen LogP contribution in [0.25, 0.3) is 0 Å². The second-order valence-electron chi connectivity index (χ2n) is 6.37. The van der Waals surface area contributed by atoms with Gasteiger partial charge in [0, 0.05) is 13.1 Å². The first-order chi connectivity index (χ1) is 12.0. The van der Waals surface area contributed by atoms with Crippen molar-refractivity contribution in [2.45, 2.75) is 26.3 Å². The molecule has 3 rings (SSSR count). The number of hydrogen-bond acceptors (Lipinski definition) is 2. The topological polar surface area (TPSA) is 40.6 Å². The van der Waals surface area contributed by atoms with Crippen LogP contribution in [0.4, 0.5) is 10.1 Å². The Balaban J connectivity index is 1.75. The van der Waals surface area contributed by atoms with E-state index in [0.717, 1.165) is 11.1 Å². The summed E-state index contributed by atoms with van der Waals surface area (Å²) in [6, 6.07) is 13.6.